The number of thioether (sulfide) groups is 1. The Balaban J connectivity index is 1.51. The Bertz CT molecular complexity index is 867. The summed E-state index contributed by atoms with van der Waals surface area (Å²) in [4.78, 5) is 26.6. The van der Waals surface area contributed by atoms with Crippen molar-refractivity contribution < 1.29 is 19.4 Å². The lowest BCUT2D eigenvalue weighted by atomic mass is 9.89. The first-order valence-corrected chi connectivity index (χ1v) is 12.3. The van der Waals surface area contributed by atoms with E-state index in [-0.39, 0.29) is 28.1 Å². The van der Waals surface area contributed by atoms with Crippen LogP contribution < -0.4 is 0 Å². The van der Waals surface area contributed by atoms with Gasteiger partial charge in [0.25, 0.3) is 0 Å². The summed E-state index contributed by atoms with van der Waals surface area (Å²) in [6, 6.07) is 9.77. The fourth-order valence-electron chi connectivity index (χ4n) is 3.87. The Morgan fingerprint density at radius 2 is 1.55 bits per heavy atom. The summed E-state index contributed by atoms with van der Waals surface area (Å²) in [6.45, 7) is 2.22. The Morgan fingerprint density at radius 1 is 0.903 bits per heavy atom. The molecule has 1 aromatic rings. The molecule has 31 heavy (non-hydrogen) atoms. The van der Waals surface area contributed by atoms with Crippen molar-refractivity contribution >= 4 is 23.3 Å². The second-order valence-corrected chi connectivity index (χ2v) is 9.25. The SMILES string of the molecule is CCCCCCCCCCCC1=C(O)C(=O)C2=C(O[C@H](Sc3ccccc3)C=C2)C1=O. The van der Waals surface area contributed by atoms with Crippen LogP contribution in [0.1, 0.15) is 71.1 Å². The largest absolute Gasteiger partial charge is 0.504 e. The minimum absolute atomic E-state index is 0.0738. The molecule has 0 unspecified atom stereocenters. The molecule has 0 aromatic heterocycles. The van der Waals surface area contributed by atoms with Gasteiger partial charge in [0, 0.05) is 10.5 Å². The number of benzene rings is 1. The van der Waals surface area contributed by atoms with Gasteiger partial charge in [-0.3, -0.25) is 9.59 Å². The number of aliphatic hydroxyl groups is 1. The van der Waals surface area contributed by atoms with E-state index in [4.69, 9.17) is 4.74 Å². The van der Waals surface area contributed by atoms with Crippen LogP contribution in [-0.4, -0.2) is 22.1 Å². The molecule has 0 radical (unpaired) electrons. The third-order valence-corrected chi connectivity index (χ3v) is 6.68. The van der Waals surface area contributed by atoms with Crippen LogP contribution in [0.2, 0.25) is 0 Å². The summed E-state index contributed by atoms with van der Waals surface area (Å²) < 4.78 is 5.89. The van der Waals surface area contributed by atoms with Gasteiger partial charge in [-0.15, -0.1) is 0 Å². The molecule has 3 rings (SSSR count). The average molecular weight is 441 g/mol. The Kier molecular flexibility index (Phi) is 9.01. The highest BCUT2D eigenvalue weighted by Crippen LogP contribution is 2.36. The number of carbonyl (C=O) groups is 2. The summed E-state index contributed by atoms with van der Waals surface area (Å²) in [5.74, 6) is -1.20. The second-order valence-electron chi connectivity index (χ2n) is 8.08. The first-order valence-electron chi connectivity index (χ1n) is 11.4. The van der Waals surface area contributed by atoms with E-state index in [1.165, 1.54) is 50.3 Å². The van der Waals surface area contributed by atoms with E-state index in [0.29, 0.717) is 6.42 Å². The molecule has 166 valence electrons. The smallest absolute Gasteiger partial charge is 0.231 e. The van der Waals surface area contributed by atoms with Gasteiger partial charge in [-0.1, -0.05) is 88.3 Å². The number of ketones is 2. The molecule has 0 bridgehead atoms. The summed E-state index contributed by atoms with van der Waals surface area (Å²) in [5.41, 5.74) is -0.0270. The Morgan fingerprint density at radius 3 is 2.23 bits per heavy atom. The third-order valence-electron chi connectivity index (χ3n) is 5.65. The zero-order valence-corrected chi connectivity index (χ0v) is 19.1. The van der Waals surface area contributed by atoms with Crippen LogP contribution in [0, 0.1) is 0 Å². The zero-order chi connectivity index (χ0) is 22.1. The Hall–Kier alpha value is -2.27. The van der Waals surface area contributed by atoms with Crippen molar-refractivity contribution in [3.8, 4) is 0 Å². The van der Waals surface area contributed by atoms with Crippen molar-refractivity contribution in [1.29, 1.82) is 0 Å². The van der Waals surface area contributed by atoms with E-state index < -0.39 is 11.5 Å². The van der Waals surface area contributed by atoms with E-state index in [1.54, 1.807) is 12.2 Å². The number of ether oxygens (including phenoxy) is 1. The van der Waals surface area contributed by atoms with E-state index in [2.05, 4.69) is 6.92 Å². The van der Waals surface area contributed by atoms with Crippen LogP contribution in [0.25, 0.3) is 0 Å². The summed E-state index contributed by atoms with van der Waals surface area (Å²) >= 11 is 1.47. The summed E-state index contributed by atoms with van der Waals surface area (Å²) in [6.07, 6.45) is 14.3. The van der Waals surface area contributed by atoms with E-state index in [9.17, 15) is 14.7 Å². The molecule has 0 spiro atoms. The zero-order valence-electron chi connectivity index (χ0n) is 18.3. The fraction of sp³-hybridized carbons (Fsp3) is 0.462. The number of unbranched alkanes of at least 4 members (excludes halogenated alkanes) is 8. The summed E-state index contributed by atoms with van der Waals surface area (Å²) in [5, 5.41) is 10.4. The molecule has 0 amide bonds. The van der Waals surface area contributed by atoms with E-state index in [1.807, 2.05) is 30.3 Å². The van der Waals surface area contributed by atoms with Gasteiger partial charge in [-0.2, -0.15) is 0 Å². The predicted octanol–water partition coefficient (Wildman–Crippen LogP) is 6.83. The molecule has 1 aromatic carbocycles. The van der Waals surface area contributed by atoms with Crippen LogP contribution >= 0.6 is 11.8 Å². The van der Waals surface area contributed by atoms with Crippen molar-refractivity contribution in [2.75, 3.05) is 0 Å². The number of rotatable bonds is 12. The van der Waals surface area contributed by atoms with Gasteiger partial charge in [0.15, 0.2) is 17.0 Å². The molecular weight excluding hydrogens is 408 g/mol. The molecule has 0 saturated heterocycles. The van der Waals surface area contributed by atoms with Crippen molar-refractivity contribution in [3.05, 3.63) is 65.1 Å². The maximum absolute atomic E-state index is 13.0. The molecule has 2 aliphatic rings. The van der Waals surface area contributed by atoms with Gasteiger partial charge >= 0.3 is 0 Å². The minimum atomic E-state index is -0.514. The van der Waals surface area contributed by atoms with Crippen LogP contribution in [-0.2, 0) is 14.3 Å². The normalized spacial score (nSPS) is 18.4. The lowest BCUT2D eigenvalue weighted by Crippen LogP contribution is -2.28. The van der Waals surface area contributed by atoms with Crippen molar-refractivity contribution in [1.82, 2.24) is 0 Å². The number of hydrogen-bond donors (Lipinski definition) is 1. The molecule has 5 heteroatoms. The van der Waals surface area contributed by atoms with Crippen LogP contribution in [0.3, 0.4) is 0 Å². The average Bonchev–Trinajstić information content (AvgIpc) is 2.79. The number of aliphatic hydroxyl groups excluding tert-OH is 1. The second kappa shape index (κ2) is 11.9. The monoisotopic (exact) mass is 440 g/mol. The van der Waals surface area contributed by atoms with Crippen LogP contribution in [0.5, 0.6) is 0 Å². The summed E-state index contributed by atoms with van der Waals surface area (Å²) in [7, 11) is 0. The van der Waals surface area contributed by atoms with Gasteiger partial charge in [0.2, 0.25) is 11.6 Å². The highest BCUT2D eigenvalue weighted by molar-refractivity contribution is 8.00. The molecule has 0 fully saturated rings. The number of Topliss-reactive ketones (excluding diaryl/α,β-unsaturated/α-hetero) is 2. The lowest BCUT2D eigenvalue weighted by Gasteiger charge is -2.26. The van der Waals surface area contributed by atoms with Crippen molar-refractivity contribution in [2.45, 2.75) is 81.5 Å². The molecule has 1 heterocycles. The van der Waals surface area contributed by atoms with Gasteiger partial charge in [0.1, 0.15) is 0 Å². The van der Waals surface area contributed by atoms with Gasteiger partial charge in [0.05, 0.1) is 5.57 Å². The quantitative estimate of drug-likeness (QED) is 0.285. The van der Waals surface area contributed by atoms with E-state index in [0.717, 1.165) is 24.2 Å². The number of hydrogen-bond acceptors (Lipinski definition) is 5. The van der Waals surface area contributed by atoms with Gasteiger partial charge in [-0.05, 0) is 37.1 Å². The molecule has 1 N–H and O–H groups in total. The van der Waals surface area contributed by atoms with Crippen molar-refractivity contribution in [3.63, 3.8) is 0 Å². The highest BCUT2D eigenvalue weighted by atomic mass is 32.2. The molecular formula is C26H32O4S. The van der Waals surface area contributed by atoms with Gasteiger partial charge in [-0.25, -0.2) is 0 Å². The van der Waals surface area contributed by atoms with Crippen molar-refractivity contribution in [2.24, 2.45) is 0 Å². The highest BCUT2D eigenvalue weighted by Gasteiger charge is 2.37. The molecule has 1 atom stereocenters. The van der Waals surface area contributed by atoms with Gasteiger partial charge < -0.3 is 9.84 Å². The maximum Gasteiger partial charge on any atom is 0.231 e. The molecule has 1 aliphatic carbocycles. The first kappa shape index (κ1) is 23.4. The molecule has 4 nitrogen and oxygen atoms in total. The third kappa shape index (κ3) is 6.36. The maximum atomic E-state index is 13.0. The predicted molar refractivity (Wildman–Crippen MR) is 125 cm³/mol. The first-order chi connectivity index (χ1) is 15.1. The molecule has 0 saturated carbocycles. The Labute approximate surface area is 189 Å². The fourth-order valence-corrected chi connectivity index (χ4v) is 4.76. The standard InChI is InChI=1S/C26H32O4S/c1-2-3-4-5-6-7-8-9-13-16-20-23(27)24(28)21-17-18-22(30-26(21)25(20)29)31-19-14-11-10-12-15-19/h10-12,14-15,17-18,22,27H,2-9,13,16H2,1H3/t22-/m1/s1. The van der Waals surface area contributed by atoms with Crippen LogP contribution in [0.15, 0.2) is 70.0 Å². The van der Waals surface area contributed by atoms with E-state index >= 15 is 0 Å². The topological polar surface area (TPSA) is 63.6 Å². The number of allylic oxidation sites excluding steroid dienone is 3. The van der Waals surface area contributed by atoms with Crippen LogP contribution in [0.4, 0.5) is 0 Å². The number of carbonyl (C=O) groups excluding carboxylic acids is 2. The molecule has 1 aliphatic heterocycles. The minimum Gasteiger partial charge on any atom is -0.504 e. The lowest BCUT2D eigenvalue weighted by molar-refractivity contribution is -0.120.